The fourth-order valence-corrected chi connectivity index (χ4v) is 2.07. The van der Waals surface area contributed by atoms with Crippen LogP contribution in [0.4, 0.5) is 5.69 Å². The van der Waals surface area contributed by atoms with E-state index >= 15 is 0 Å². The van der Waals surface area contributed by atoms with Gasteiger partial charge < -0.3 is 5.32 Å². The molecule has 0 spiro atoms. The minimum absolute atomic E-state index is 0.101. The quantitative estimate of drug-likeness (QED) is 0.872. The van der Waals surface area contributed by atoms with Crippen LogP contribution in [0, 0.1) is 11.3 Å². The molecule has 92 valence electrons. The van der Waals surface area contributed by atoms with E-state index in [2.05, 4.69) is 11.4 Å². The number of hydrogen-bond donors (Lipinski definition) is 1. The lowest BCUT2D eigenvalue weighted by Crippen LogP contribution is -2.17. The highest BCUT2D eigenvalue weighted by Crippen LogP contribution is 2.16. The predicted octanol–water partition coefficient (Wildman–Crippen LogP) is 2.19. The van der Waals surface area contributed by atoms with E-state index in [4.69, 9.17) is 5.26 Å². The average molecular weight is 252 g/mol. The Morgan fingerprint density at radius 2 is 1.94 bits per heavy atom. The van der Waals surface area contributed by atoms with Crippen LogP contribution in [0.2, 0.25) is 0 Å². The summed E-state index contributed by atoms with van der Waals surface area (Å²) in [6, 6.07) is 8.79. The van der Waals surface area contributed by atoms with E-state index in [-0.39, 0.29) is 6.04 Å². The van der Waals surface area contributed by atoms with Crippen molar-refractivity contribution in [2.45, 2.75) is 30.7 Å². The third-order valence-corrected chi connectivity index (χ3v) is 3.61. The van der Waals surface area contributed by atoms with Crippen LogP contribution in [-0.2, 0) is 9.84 Å². The van der Waals surface area contributed by atoms with E-state index in [1.54, 1.807) is 24.3 Å². The zero-order chi connectivity index (χ0) is 12.9. The standard InChI is InChI=1S/C12H16N2O2S/c1-3-10(8-9-13)14-11-4-6-12(7-5-11)17(2,15)16/h4-7,10,14H,3,8H2,1-2H3. The summed E-state index contributed by atoms with van der Waals surface area (Å²) in [4.78, 5) is 0.302. The van der Waals surface area contributed by atoms with E-state index in [0.29, 0.717) is 11.3 Å². The molecule has 0 aliphatic rings. The molecule has 1 aromatic carbocycles. The Bertz CT molecular complexity index is 500. The molecule has 0 bridgehead atoms. The van der Waals surface area contributed by atoms with Crippen LogP contribution < -0.4 is 5.32 Å². The Hall–Kier alpha value is -1.54. The zero-order valence-corrected chi connectivity index (χ0v) is 10.8. The maximum absolute atomic E-state index is 11.3. The van der Waals surface area contributed by atoms with Crippen molar-refractivity contribution in [3.05, 3.63) is 24.3 Å². The zero-order valence-electron chi connectivity index (χ0n) is 9.97. The van der Waals surface area contributed by atoms with Gasteiger partial charge in [0.1, 0.15) is 0 Å². The highest BCUT2D eigenvalue weighted by molar-refractivity contribution is 7.90. The number of nitrogens with one attached hydrogen (secondary N) is 1. The van der Waals surface area contributed by atoms with E-state index < -0.39 is 9.84 Å². The summed E-state index contributed by atoms with van der Waals surface area (Å²) in [6.07, 6.45) is 2.46. The van der Waals surface area contributed by atoms with Crippen molar-refractivity contribution in [3.8, 4) is 6.07 Å². The molecular formula is C12H16N2O2S. The van der Waals surface area contributed by atoms with Crippen LogP contribution in [0.25, 0.3) is 0 Å². The van der Waals surface area contributed by atoms with E-state index in [1.807, 2.05) is 6.92 Å². The van der Waals surface area contributed by atoms with Gasteiger partial charge >= 0.3 is 0 Å². The number of sulfone groups is 1. The third-order valence-electron chi connectivity index (χ3n) is 2.48. The molecule has 0 aliphatic carbocycles. The molecule has 1 atom stereocenters. The molecule has 1 aromatic rings. The fraction of sp³-hybridized carbons (Fsp3) is 0.417. The van der Waals surface area contributed by atoms with E-state index in [1.165, 1.54) is 6.26 Å². The summed E-state index contributed by atoms with van der Waals surface area (Å²) in [5.74, 6) is 0. The summed E-state index contributed by atoms with van der Waals surface area (Å²) in [6.45, 7) is 2.00. The fourth-order valence-electron chi connectivity index (χ4n) is 1.44. The molecule has 1 rings (SSSR count). The van der Waals surface area contributed by atoms with Crippen LogP contribution in [-0.4, -0.2) is 20.7 Å². The number of rotatable bonds is 5. The molecule has 0 aromatic heterocycles. The first kappa shape index (κ1) is 13.5. The number of anilines is 1. The van der Waals surface area contributed by atoms with Gasteiger partial charge in [-0.2, -0.15) is 5.26 Å². The number of hydrogen-bond acceptors (Lipinski definition) is 4. The lowest BCUT2D eigenvalue weighted by Gasteiger charge is -2.15. The van der Waals surface area contributed by atoms with Gasteiger partial charge in [0.2, 0.25) is 0 Å². The summed E-state index contributed by atoms with van der Waals surface area (Å²) >= 11 is 0. The normalized spacial score (nSPS) is 12.8. The SMILES string of the molecule is CCC(CC#N)Nc1ccc(S(C)(=O)=O)cc1. The van der Waals surface area contributed by atoms with Gasteiger partial charge in [-0.15, -0.1) is 0 Å². The first-order chi connectivity index (χ1) is 7.97. The monoisotopic (exact) mass is 252 g/mol. The molecule has 0 radical (unpaired) electrons. The minimum Gasteiger partial charge on any atom is -0.381 e. The van der Waals surface area contributed by atoms with Crippen molar-refractivity contribution >= 4 is 15.5 Å². The Balaban J connectivity index is 2.79. The number of nitriles is 1. The highest BCUT2D eigenvalue weighted by atomic mass is 32.2. The molecule has 5 heteroatoms. The predicted molar refractivity (Wildman–Crippen MR) is 67.5 cm³/mol. The second-order valence-electron chi connectivity index (χ2n) is 3.91. The van der Waals surface area contributed by atoms with Gasteiger partial charge in [-0.3, -0.25) is 0 Å². The smallest absolute Gasteiger partial charge is 0.175 e. The van der Waals surface area contributed by atoms with Gasteiger partial charge in [-0.05, 0) is 30.7 Å². The summed E-state index contributed by atoms with van der Waals surface area (Å²) in [7, 11) is -3.14. The summed E-state index contributed by atoms with van der Waals surface area (Å²) in [5, 5.41) is 11.8. The van der Waals surface area contributed by atoms with Crippen molar-refractivity contribution in [3.63, 3.8) is 0 Å². The average Bonchev–Trinajstić information content (AvgIpc) is 2.28. The van der Waals surface area contributed by atoms with Gasteiger partial charge in [-0.25, -0.2) is 8.42 Å². The molecule has 0 fully saturated rings. The molecule has 0 saturated carbocycles. The van der Waals surface area contributed by atoms with Crippen LogP contribution >= 0.6 is 0 Å². The van der Waals surface area contributed by atoms with Gasteiger partial charge in [0, 0.05) is 18.0 Å². The van der Waals surface area contributed by atoms with Crippen molar-refractivity contribution < 1.29 is 8.42 Å². The molecule has 17 heavy (non-hydrogen) atoms. The first-order valence-corrected chi connectivity index (χ1v) is 7.30. The Morgan fingerprint density at radius 3 is 2.35 bits per heavy atom. The van der Waals surface area contributed by atoms with Crippen LogP contribution in [0.3, 0.4) is 0 Å². The Labute approximate surface area is 102 Å². The number of nitrogens with zero attached hydrogens (tertiary/aromatic N) is 1. The minimum atomic E-state index is -3.14. The van der Waals surface area contributed by atoms with Gasteiger partial charge in [-0.1, -0.05) is 6.92 Å². The molecule has 0 amide bonds. The van der Waals surface area contributed by atoms with E-state index in [0.717, 1.165) is 12.1 Å². The van der Waals surface area contributed by atoms with Gasteiger partial charge in [0.05, 0.1) is 17.4 Å². The van der Waals surface area contributed by atoms with E-state index in [9.17, 15) is 8.42 Å². The van der Waals surface area contributed by atoms with Gasteiger partial charge in [0.25, 0.3) is 0 Å². The first-order valence-electron chi connectivity index (χ1n) is 5.41. The number of benzene rings is 1. The largest absolute Gasteiger partial charge is 0.381 e. The Morgan fingerprint density at radius 1 is 1.35 bits per heavy atom. The maximum atomic E-state index is 11.3. The molecule has 4 nitrogen and oxygen atoms in total. The van der Waals surface area contributed by atoms with Crippen LogP contribution in [0.15, 0.2) is 29.2 Å². The molecule has 1 N–H and O–H groups in total. The topological polar surface area (TPSA) is 70.0 Å². The van der Waals surface area contributed by atoms with Crippen molar-refractivity contribution in [2.24, 2.45) is 0 Å². The van der Waals surface area contributed by atoms with Crippen molar-refractivity contribution in [2.75, 3.05) is 11.6 Å². The lowest BCUT2D eigenvalue weighted by molar-refractivity contribution is 0.602. The summed E-state index contributed by atoms with van der Waals surface area (Å²) < 4.78 is 22.5. The second kappa shape index (κ2) is 5.69. The van der Waals surface area contributed by atoms with Crippen LogP contribution in [0.1, 0.15) is 19.8 Å². The lowest BCUT2D eigenvalue weighted by atomic mass is 10.1. The van der Waals surface area contributed by atoms with Crippen molar-refractivity contribution in [1.29, 1.82) is 5.26 Å². The van der Waals surface area contributed by atoms with Crippen molar-refractivity contribution in [1.82, 2.24) is 0 Å². The van der Waals surface area contributed by atoms with Gasteiger partial charge in [0.15, 0.2) is 9.84 Å². The summed E-state index contributed by atoms with van der Waals surface area (Å²) in [5.41, 5.74) is 0.833. The molecule has 0 saturated heterocycles. The second-order valence-corrected chi connectivity index (χ2v) is 5.92. The molecule has 0 aliphatic heterocycles. The third kappa shape index (κ3) is 4.08. The molecule has 0 heterocycles. The molecule has 1 unspecified atom stereocenters. The van der Waals surface area contributed by atoms with Crippen LogP contribution in [0.5, 0.6) is 0 Å². The maximum Gasteiger partial charge on any atom is 0.175 e. The highest BCUT2D eigenvalue weighted by Gasteiger charge is 2.08. The Kier molecular flexibility index (Phi) is 4.53. The molecular weight excluding hydrogens is 236 g/mol.